The van der Waals surface area contributed by atoms with Crippen molar-refractivity contribution in [2.24, 2.45) is 17.8 Å². The van der Waals surface area contributed by atoms with E-state index in [1.807, 2.05) is 18.2 Å². The monoisotopic (exact) mass is 320 g/mol. The molecule has 4 aliphatic carbocycles. The number of alkyl halides is 1. The van der Waals surface area contributed by atoms with Gasteiger partial charge in [-0.1, -0.05) is 30.3 Å². The third kappa shape index (κ3) is 1.44. The zero-order valence-electron chi connectivity index (χ0n) is 12.8. The molecule has 118 valence electrons. The molecule has 3 unspecified atom stereocenters. The molecule has 0 amide bonds. The Morgan fingerprint density at radius 1 is 1.05 bits per heavy atom. The van der Waals surface area contributed by atoms with Crippen molar-refractivity contribution in [1.29, 1.82) is 0 Å². The molecule has 0 aromatic heterocycles. The molecule has 22 heavy (non-hydrogen) atoms. The van der Waals surface area contributed by atoms with Gasteiger partial charge in [0.05, 0.1) is 0 Å². The van der Waals surface area contributed by atoms with Crippen molar-refractivity contribution < 1.29 is 14.5 Å². The molecular weight excluding hydrogens is 300 g/mol. The van der Waals surface area contributed by atoms with Crippen LogP contribution in [0.2, 0.25) is 0 Å². The van der Waals surface area contributed by atoms with Gasteiger partial charge in [-0.2, -0.15) is 4.89 Å². The first-order valence-corrected chi connectivity index (χ1v) is 8.66. The summed E-state index contributed by atoms with van der Waals surface area (Å²) in [5.41, 5.74) is 0.693. The molecule has 1 aromatic carbocycles. The molecule has 3 atom stereocenters. The van der Waals surface area contributed by atoms with Crippen LogP contribution in [0.5, 0.6) is 0 Å². The second-order valence-electron chi connectivity index (χ2n) is 7.64. The summed E-state index contributed by atoms with van der Waals surface area (Å²) in [7, 11) is 1.73. The Kier molecular flexibility index (Phi) is 2.68. The van der Waals surface area contributed by atoms with E-state index in [0.717, 1.165) is 24.3 Å². The fraction of sp³-hybridized carbons (Fsp3) is 0.667. The number of ether oxygens (including phenoxy) is 1. The number of methoxy groups -OCH3 is 1. The standard InChI is InChI=1S/C18H21ClO3/c1-20-18(13-5-3-2-4-6-13)17(21-22-18)14-7-12-8-15(17)11-16(19,9-12)10-14/h2-6,12,14-15H,7-11H2,1H3. The van der Waals surface area contributed by atoms with Crippen LogP contribution in [0.25, 0.3) is 0 Å². The highest BCUT2D eigenvalue weighted by molar-refractivity contribution is 6.24. The smallest absolute Gasteiger partial charge is 0.260 e. The van der Waals surface area contributed by atoms with E-state index in [-0.39, 0.29) is 10.5 Å². The summed E-state index contributed by atoms with van der Waals surface area (Å²) in [6.07, 6.45) is 5.58. The number of benzene rings is 1. The number of hydrogen-bond acceptors (Lipinski definition) is 3. The van der Waals surface area contributed by atoms with Gasteiger partial charge in [0.25, 0.3) is 5.79 Å². The van der Waals surface area contributed by atoms with E-state index in [2.05, 4.69) is 12.1 Å². The lowest BCUT2D eigenvalue weighted by molar-refractivity contribution is -0.645. The predicted octanol–water partition coefficient (Wildman–Crippen LogP) is 4.00. The Morgan fingerprint density at radius 3 is 2.23 bits per heavy atom. The molecular formula is C18H21ClO3. The van der Waals surface area contributed by atoms with Gasteiger partial charge in [0.1, 0.15) is 0 Å². The van der Waals surface area contributed by atoms with Crippen LogP contribution in [0, 0.1) is 17.8 Å². The lowest BCUT2D eigenvalue weighted by Gasteiger charge is -2.70. The summed E-state index contributed by atoms with van der Waals surface area (Å²) < 4.78 is 5.98. The summed E-state index contributed by atoms with van der Waals surface area (Å²) in [5.74, 6) is 0.815. The van der Waals surface area contributed by atoms with Crippen LogP contribution >= 0.6 is 11.6 Å². The van der Waals surface area contributed by atoms with Crippen molar-refractivity contribution in [3.05, 3.63) is 35.9 Å². The van der Waals surface area contributed by atoms with Gasteiger partial charge in [0.15, 0.2) is 5.60 Å². The molecule has 1 aliphatic heterocycles. The summed E-state index contributed by atoms with van der Waals surface area (Å²) >= 11 is 6.88. The summed E-state index contributed by atoms with van der Waals surface area (Å²) in [6.45, 7) is 0. The maximum atomic E-state index is 6.88. The van der Waals surface area contributed by atoms with E-state index < -0.39 is 5.79 Å². The molecule has 4 saturated carbocycles. The Bertz CT molecular complexity index is 584. The van der Waals surface area contributed by atoms with E-state index in [9.17, 15) is 0 Å². The predicted molar refractivity (Wildman–Crippen MR) is 82.2 cm³/mol. The fourth-order valence-electron chi connectivity index (χ4n) is 6.00. The summed E-state index contributed by atoms with van der Waals surface area (Å²) in [4.78, 5) is 11.6. The van der Waals surface area contributed by atoms with Crippen LogP contribution < -0.4 is 0 Å². The van der Waals surface area contributed by atoms with Gasteiger partial charge in [0.2, 0.25) is 0 Å². The Balaban J connectivity index is 1.62. The molecule has 0 radical (unpaired) electrons. The summed E-state index contributed by atoms with van der Waals surface area (Å²) in [6, 6.07) is 10.2. The van der Waals surface area contributed by atoms with E-state index in [1.165, 1.54) is 19.3 Å². The Hall–Kier alpha value is -0.610. The van der Waals surface area contributed by atoms with Crippen LogP contribution in [0.3, 0.4) is 0 Å². The van der Waals surface area contributed by atoms with Crippen LogP contribution in [0.4, 0.5) is 0 Å². The lowest BCUT2D eigenvalue weighted by Crippen LogP contribution is -2.78. The van der Waals surface area contributed by atoms with E-state index in [0.29, 0.717) is 11.8 Å². The second-order valence-corrected chi connectivity index (χ2v) is 8.44. The van der Waals surface area contributed by atoms with Gasteiger partial charge in [-0.3, -0.25) is 0 Å². The quantitative estimate of drug-likeness (QED) is 0.609. The molecule has 6 rings (SSSR count). The number of halogens is 1. The van der Waals surface area contributed by atoms with Crippen LogP contribution in [0.15, 0.2) is 30.3 Å². The molecule has 4 bridgehead atoms. The highest BCUT2D eigenvalue weighted by Crippen LogP contribution is 2.71. The second kappa shape index (κ2) is 4.27. The van der Waals surface area contributed by atoms with E-state index in [4.69, 9.17) is 26.1 Å². The maximum absolute atomic E-state index is 6.88. The third-order valence-electron chi connectivity index (χ3n) is 6.58. The van der Waals surface area contributed by atoms with Gasteiger partial charge in [-0.25, -0.2) is 4.89 Å². The lowest BCUT2D eigenvalue weighted by atomic mass is 9.46. The average Bonchev–Trinajstić information content (AvgIpc) is 2.46. The fourth-order valence-corrected chi connectivity index (χ4v) is 6.59. The Morgan fingerprint density at radius 2 is 1.73 bits per heavy atom. The first kappa shape index (κ1) is 13.8. The SMILES string of the molecule is COC1(c2ccccc2)OOC12C1CC3CC2CC(Cl)(C3)C1. The van der Waals surface area contributed by atoms with Crippen molar-refractivity contribution in [3.63, 3.8) is 0 Å². The number of rotatable bonds is 2. The zero-order valence-corrected chi connectivity index (χ0v) is 13.5. The molecule has 5 fully saturated rings. The highest BCUT2D eigenvalue weighted by Gasteiger charge is 2.78. The minimum atomic E-state index is -0.774. The van der Waals surface area contributed by atoms with Crippen molar-refractivity contribution in [1.82, 2.24) is 0 Å². The maximum Gasteiger partial charge on any atom is 0.260 e. The molecule has 1 aromatic rings. The molecule has 3 nitrogen and oxygen atoms in total. The van der Waals surface area contributed by atoms with Crippen LogP contribution in [-0.4, -0.2) is 17.6 Å². The van der Waals surface area contributed by atoms with Crippen molar-refractivity contribution >= 4 is 11.6 Å². The van der Waals surface area contributed by atoms with Gasteiger partial charge >= 0.3 is 0 Å². The molecule has 1 spiro atoms. The normalized spacial score (nSPS) is 52.0. The largest absolute Gasteiger partial charge is 0.345 e. The van der Waals surface area contributed by atoms with Crippen molar-refractivity contribution in [2.45, 2.75) is 48.4 Å². The third-order valence-corrected chi connectivity index (χ3v) is 7.04. The van der Waals surface area contributed by atoms with E-state index in [1.54, 1.807) is 7.11 Å². The van der Waals surface area contributed by atoms with Gasteiger partial charge in [0, 0.05) is 17.5 Å². The summed E-state index contributed by atoms with van der Waals surface area (Å²) in [5, 5.41) is 0. The topological polar surface area (TPSA) is 27.7 Å². The highest BCUT2D eigenvalue weighted by atomic mass is 35.5. The van der Waals surface area contributed by atoms with Gasteiger partial charge < -0.3 is 4.74 Å². The van der Waals surface area contributed by atoms with Crippen LogP contribution in [-0.2, 0) is 20.3 Å². The average molecular weight is 321 g/mol. The molecule has 4 heteroatoms. The van der Waals surface area contributed by atoms with Gasteiger partial charge in [-0.05, 0) is 49.9 Å². The zero-order chi connectivity index (χ0) is 15.0. The Labute approximate surface area is 135 Å². The van der Waals surface area contributed by atoms with Crippen LogP contribution in [0.1, 0.15) is 37.7 Å². The van der Waals surface area contributed by atoms with Crippen molar-refractivity contribution in [2.75, 3.05) is 7.11 Å². The van der Waals surface area contributed by atoms with E-state index >= 15 is 0 Å². The molecule has 5 aliphatic rings. The number of hydrogen-bond donors (Lipinski definition) is 0. The minimum Gasteiger partial charge on any atom is -0.345 e. The molecule has 1 saturated heterocycles. The minimum absolute atomic E-state index is 0.0170. The molecule has 1 heterocycles. The van der Waals surface area contributed by atoms with Crippen molar-refractivity contribution in [3.8, 4) is 0 Å². The van der Waals surface area contributed by atoms with Gasteiger partial charge in [-0.15, -0.1) is 11.6 Å². The first-order valence-electron chi connectivity index (χ1n) is 8.28. The first-order chi connectivity index (χ1) is 10.6. The molecule has 0 N–H and O–H groups in total.